The number of ether oxygens (including phenoxy) is 2. The van der Waals surface area contributed by atoms with Gasteiger partial charge in [-0.2, -0.15) is 0 Å². The fraction of sp³-hybridized carbons (Fsp3) is 0.318. The van der Waals surface area contributed by atoms with Gasteiger partial charge in [0.15, 0.2) is 5.82 Å². The smallest absolute Gasteiger partial charge is 0.268 e. The van der Waals surface area contributed by atoms with Gasteiger partial charge >= 0.3 is 0 Å². The van der Waals surface area contributed by atoms with E-state index in [-0.39, 0.29) is 17.4 Å². The van der Waals surface area contributed by atoms with Crippen LogP contribution in [0, 0.1) is 13.8 Å². The maximum Gasteiger partial charge on any atom is 0.268 e. The number of aryl methyl sites for hydroxylation is 1. The van der Waals surface area contributed by atoms with E-state index >= 15 is 0 Å². The Morgan fingerprint density at radius 2 is 1.70 bits per heavy atom. The topological polar surface area (TPSA) is 81.9 Å². The van der Waals surface area contributed by atoms with E-state index < -0.39 is 10.0 Å². The third-order valence-electron chi connectivity index (χ3n) is 4.84. The molecule has 1 heterocycles. The number of aromatic nitrogens is 1. The number of nitrogens with zero attached hydrogens (tertiary/aromatic N) is 2. The SMILES string of the molecule is CCOCc1ccccc1-c1ccccc1S(=O)(=O)N(COC)c1noc(C)c1C. The Morgan fingerprint density at radius 1 is 1.03 bits per heavy atom. The van der Waals surface area contributed by atoms with Crippen LogP contribution in [-0.4, -0.2) is 34.0 Å². The van der Waals surface area contributed by atoms with Crippen molar-refractivity contribution in [3.63, 3.8) is 0 Å². The highest BCUT2D eigenvalue weighted by atomic mass is 32.2. The molecule has 0 aliphatic heterocycles. The normalized spacial score (nSPS) is 11.6. The molecule has 3 aromatic rings. The molecule has 160 valence electrons. The Labute approximate surface area is 177 Å². The minimum absolute atomic E-state index is 0.158. The van der Waals surface area contributed by atoms with Gasteiger partial charge in [-0.1, -0.05) is 47.6 Å². The van der Waals surface area contributed by atoms with Gasteiger partial charge in [0.05, 0.1) is 11.5 Å². The van der Waals surface area contributed by atoms with Gasteiger partial charge in [-0.3, -0.25) is 0 Å². The average Bonchev–Trinajstić information content (AvgIpc) is 3.08. The molecule has 30 heavy (non-hydrogen) atoms. The van der Waals surface area contributed by atoms with Crippen LogP contribution in [0.5, 0.6) is 0 Å². The highest BCUT2D eigenvalue weighted by molar-refractivity contribution is 7.93. The molecule has 3 rings (SSSR count). The van der Waals surface area contributed by atoms with Crippen LogP contribution in [0.1, 0.15) is 23.8 Å². The van der Waals surface area contributed by atoms with Crippen LogP contribution >= 0.6 is 0 Å². The molecule has 0 saturated heterocycles. The minimum Gasteiger partial charge on any atom is -0.377 e. The zero-order valence-corrected chi connectivity index (χ0v) is 18.4. The first-order valence-electron chi connectivity index (χ1n) is 9.61. The Balaban J connectivity index is 2.16. The molecule has 0 aliphatic rings. The van der Waals surface area contributed by atoms with Crippen LogP contribution in [-0.2, 0) is 26.1 Å². The lowest BCUT2D eigenvalue weighted by atomic mass is 10.0. The molecule has 0 bridgehead atoms. The Bertz CT molecular complexity index is 1110. The van der Waals surface area contributed by atoms with Crippen LogP contribution in [0.2, 0.25) is 0 Å². The monoisotopic (exact) mass is 430 g/mol. The van der Waals surface area contributed by atoms with Crippen LogP contribution in [0.25, 0.3) is 11.1 Å². The maximum atomic E-state index is 13.7. The highest BCUT2D eigenvalue weighted by Crippen LogP contribution is 2.34. The third kappa shape index (κ3) is 4.26. The number of rotatable bonds is 9. The lowest BCUT2D eigenvalue weighted by Gasteiger charge is -2.23. The number of sulfonamides is 1. The second kappa shape index (κ2) is 9.42. The maximum absolute atomic E-state index is 13.7. The highest BCUT2D eigenvalue weighted by Gasteiger charge is 2.31. The fourth-order valence-corrected chi connectivity index (χ4v) is 4.74. The lowest BCUT2D eigenvalue weighted by Crippen LogP contribution is -2.34. The van der Waals surface area contributed by atoms with Crippen molar-refractivity contribution in [3.8, 4) is 11.1 Å². The Hall–Kier alpha value is -2.68. The van der Waals surface area contributed by atoms with Gasteiger partial charge in [-0.05, 0) is 38.0 Å². The van der Waals surface area contributed by atoms with Crippen molar-refractivity contribution in [1.82, 2.24) is 5.16 Å². The molecule has 0 spiro atoms. The van der Waals surface area contributed by atoms with Crippen molar-refractivity contribution in [3.05, 3.63) is 65.4 Å². The number of benzene rings is 2. The molecule has 0 atom stereocenters. The fourth-order valence-electron chi connectivity index (χ4n) is 3.15. The summed E-state index contributed by atoms with van der Waals surface area (Å²) >= 11 is 0. The molecule has 8 heteroatoms. The Morgan fingerprint density at radius 3 is 2.33 bits per heavy atom. The zero-order chi connectivity index (χ0) is 21.7. The van der Waals surface area contributed by atoms with Crippen LogP contribution in [0.4, 0.5) is 5.82 Å². The van der Waals surface area contributed by atoms with Crippen molar-refractivity contribution < 1.29 is 22.4 Å². The molecule has 0 N–H and O–H groups in total. The van der Waals surface area contributed by atoms with Crippen molar-refractivity contribution >= 4 is 15.8 Å². The Kier molecular flexibility index (Phi) is 6.91. The standard InChI is InChI=1S/C22H26N2O5S/c1-5-28-14-18-10-6-7-11-19(18)20-12-8-9-13-21(20)30(25,26)24(15-27-4)22-16(2)17(3)29-23-22/h6-13H,5,14-15H2,1-4H3. The van der Waals surface area contributed by atoms with Gasteiger partial charge in [0, 0.05) is 24.8 Å². The molecule has 0 radical (unpaired) electrons. The van der Waals surface area contributed by atoms with Gasteiger partial charge in [-0.15, -0.1) is 0 Å². The van der Waals surface area contributed by atoms with Crippen LogP contribution in [0.15, 0.2) is 57.9 Å². The largest absolute Gasteiger partial charge is 0.377 e. The van der Waals surface area contributed by atoms with Gasteiger partial charge in [0.1, 0.15) is 12.5 Å². The summed E-state index contributed by atoms with van der Waals surface area (Å²) in [6, 6.07) is 14.5. The molecule has 0 saturated carbocycles. The van der Waals surface area contributed by atoms with E-state index in [1.807, 2.05) is 37.3 Å². The third-order valence-corrected chi connectivity index (χ3v) is 6.61. The number of anilines is 1. The average molecular weight is 431 g/mol. The summed E-state index contributed by atoms with van der Waals surface area (Å²) in [4.78, 5) is 0.158. The van der Waals surface area contributed by atoms with Crippen molar-refractivity contribution in [1.29, 1.82) is 0 Å². The second-order valence-electron chi connectivity index (χ2n) is 6.75. The van der Waals surface area contributed by atoms with E-state index in [0.29, 0.717) is 30.1 Å². The zero-order valence-electron chi connectivity index (χ0n) is 17.6. The van der Waals surface area contributed by atoms with Crippen molar-refractivity contribution in [2.24, 2.45) is 0 Å². The molecular formula is C22H26N2O5S. The predicted molar refractivity (Wildman–Crippen MR) is 115 cm³/mol. The molecule has 0 fully saturated rings. The quantitative estimate of drug-likeness (QED) is 0.471. The van der Waals surface area contributed by atoms with Gasteiger partial charge < -0.3 is 14.0 Å². The summed E-state index contributed by atoms with van der Waals surface area (Å²) < 4.78 is 44.6. The van der Waals surface area contributed by atoms with Gasteiger partial charge in [-0.25, -0.2) is 12.7 Å². The van der Waals surface area contributed by atoms with E-state index in [4.69, 9.17) is 14.0 Å². The molecule has 7 nitrogen and oxygen atoms in total. The summed E-state index contributed by atoms with van der Waals surface area (Å²) in [5, 5.41) is 3.96. The number of hydrogen-bond acceptors (Lipinski definition) is 6. The second-order valence-corrected chi connectivity index (χ2v) is 8.58. The van der Waals surface area contributed by atoms with Crippen LogP contribution in [0.3, 0.4) is 0 Å². The van der Waals surface area contributed by atoms with E-state index in [9.17, 15) is 8.42 Å². The van der Waals surface area contributed by atoms with Gasteiger partial charge in [0.25, 0.3) is 10.0 Å². The molecule has 1 aromatic heterocycles. The van der Waals surface area contributed by atoms with E-state index in [0.717, 1.165) is 15.4 Å². The van der Waals surface area contributed by atoms with E-state index in [1.165, 1.54) is 7.11 Å². The summed E-state index contributed by atoms with van der Waals surface area (Å²) in [6.45, 7) is 6.20. The molecular weight excluding hydrogens is 404 g/mol. The van der Waals surface area contributed by atoms with E-state index in [1.54, 1.807) is 32.0 Å². The summed E-state index contributed by atoms with van der Waals surface area (Å²) in [5.41, 5.74) is 2.95. The summed E-state index contributed by atoms with van der Waals surface area (Å²) in [5.74, 6) is 0.767. The lowest BCUT2D eigenvalue weighted by molar-refractivity contribution is 0.134. The number of hydrogen-bond donors (Lipinski definition) is 0. The first kappa shape index (κ1) is 22.0. The minimum atomic E-state index is -4.00. The summed E-state index contributed by atoms with van der Waals surface area (Å²) in [6.07, 6.45) is 0. The molecule has 0 amide bonds. The summed E-state index contributed by atoms with van der Waals surface area (Å²) in [7, 11) is -2.56. The van der Waals surface area contributed by atoms with E-state index in [2.05, 4.69) is 5.16 Å². The van der Waals surface area contributed by atoms with Crippen molar-refractivity contribution in [2.75, 3.05) is 24.8 Å². The molecule has 2 aromatic carbocycles. The van der Waals surface area contributed by atoms with Crippen molar-refractivity contribution in [2.45, 2.75) is 32.3 Å². The van der Waals surface area contributed by atoms with Crippen LogP contribution < -0.4 is 4.31 Å². The molecule has 0 unspecified atom stereocenters. The predicted octanol–water partition coefficient (Wildman–Crippen LogP) is 4.29. The molecule has 0 aliphatic carbocycles. The number of methoxy groups -OCH3 is 1. The first-order chi connectivity index (χ1) is 14.4. The van der Waals surface area contributed by atoms with Gasteiger partial charge in [0.2, 0.25) is 0 Å². The first-order valence-corrected chi connectivity index (χ1v) is 11.0.